The van der Waals surface area contributed by atoms with Gasteiger partial charge in [0.25, 0.3) is 0 Å². The van der Waals surface area contributed by atoms with E-state index in [-0.39, 0.29) is 17.1 Å². The number of hydrogen-bond acceptors (Lipinski definition) is 4. The van der Waals surface area contributed by atoms with Crippen LogP contribution in [0.15, 0.2) is 41.2 Å². The Hall–Kier alpha value is -1.73. The smallest absolute Gasteiger partial charge is 0.245 e. The number of likely N-dealkylation sites (N-methyl/N-ethyl adjacent to an activating group) is 1. The van der Waals surface area contributed by atoms with Gasteiger partial charge in [0.2, 0.25) is 11.8 Å². The molecule has 2 amide bonds. The van der Waals surface area contributed by atoms with Gasteiger partial charge in [0.15, 0.2) is 0 Å². The number of nitrogens with one attached hydrogen (secondary N) is 1. The number of halogens is 1. The molecule has 0 radical (unpaired) electrons. The lowest BCUT2D eigenvalue weighted by molar-refractivity contribution is -0.135. The normalized spacial score (nSPS) is 11.7. The summed E-state index contributed by atoms with van der Waals surface area (Å²) in [6.07, 6.45) is 0.389. The Kier molecular flexibility index (Phi) is 6.73. The van der Waals surface area contributed by atoms with Gasteiger partial charge in [0, 0.05) is 25.4 Å². The molecule has 0 aliphatic carbocycles. The van der Waals surface area contributed by atoms with Crippen LogP contribution in [-0.4, -0.2) is 40.1 Å². The van der Waals surface area contributed by atoms with Crippen LogP contribution in [0.3, 0.4) is 0 Å². The zero-order valence-electron chi connectivity index (χ0n) is 12.7. The van der Waals surface area contributed by atoms with Crippen molar-refractivity contribution in [1.29, 1.82) is 0 Å². The van der Waals surface area contributed by atoms with Crippen LogP contribution < -0.4 is 5.32 Å². The van der Waals surface area contributed by atoms with E-state index in [9.17, 15) is 9.59 Å². The van der Waals surface area contributed by atoms with E-state index >= 15 is 0 Å². The lowest BCUT2D eigenvalue weighted by atomic mass is 10.1. The van der Waals surface area contributed by atoms with Gasteiger partial charge in [-0.25, -0.2) is 4.98 Å². The highest BCUT2D eigenvalue weighted by molar-refractivity contribution is 9.09. The molecule has 2 aromatic rings. The molecule has 1 unspecified atom stereocenters. The molecule has 0 spiro atoms. The molecule has 5 nitrogen and oxygen atoms in total. The summed E-state index contributed by atoms with van der Waals surface area (Å²) in [6.45, 7) is 0.497. The van der Waals surface area contributed by atoms with Crippen LogP contribution in [0.4, 0.5) is 0 Å². The first-order valence-electron chi connectivity index (χ1n) is 7.11. The van der Waals surface area contributed by atoms with Crippen molar-refractivity contribution in [2.45, 2.75) is 19.0 Å². The van der Waals surface area contributed by atoms with E-state index in [1.54, 1.807) is 17.5 Å². The van der Waals surface area contributed by atoms with Gasteiger partial charge in [0.05, 0.1) is 16.5 Å². The number of alkyl halides is 1. The second-order valence-corrected chi connectivity index (χ2v) is 6.40. The zero-order valence-corrected chi connectivity index (χ0v) is 15.1. The standard InChI is InChI=1S/C16H18BrN3O2S/c1-20(9-12-5-3-2-4-6-12)16(22)14(19-15(21)8-17)7-13-10-23-11-18-13/h2-6,10-11,14H,7-9H2,1H3,(H,19,21). The fraction of sp³-hybridized carbons (Fsp3) is 0.312. The second-order valence-electron chi connectivity index (χ2n) is 5.12. The van der Waals surface area contributed by atoms with E-state index < -0.39 is 6.04 Å². The number of carbonyl (C=O) groups excluding carboxylic acids is 2. The van der Waals surface area contributed by atoms with Crippen molar-refractivity contribution in [3.05, 3.63) is 52.5 Å². The number of nitrogens with zero attached hydrogens (tertiary/aromatic N) is 2. The number of rotatable bonds is 7. The third-order valence-corrected chi connectivity index (χ3v) is 4.43. The Bertz CT molecular complexity index is 634. The Morgan fingerprint density at radius 2 is 2.09 bits per heavy atom. The quantitative estimate of drug-likeness (QED) is 0.731. The largest absolute Gasteiger partial charge is 0.343 e. The molecule has 1 N–H and O–H groups in total. The first-order chi connectivity index (χ1) is 11.1. The van der Waals surface area contributed by atoms with Gasteiger partial charge in [-0.1, -0.05) is 46.3 Å². The Labute approximate surface area is 147 Å². The van der Waals surface area contributed by atoms with E-state index in [0.29, 0.717) is 13.0 Å². The minimum absolute atomic E-state index is 0.129. The molecular weight excluding hydrogens is 378 g/mol. The first kappa shape index (κ1) is 17.6. The first-order valence-corrected chi connectivity index (χ1v) is 9.18. The summed E-state index contributed by atoms with van der Waals surface area (Å²) in [5, 5.41) is 4.81. The van der Waals surface area contributed by atoms with Crippen LogP contribution >= 0.6 is 27.3 Å². The van der Waals surface area contributed by atoms with Gasteiger partial charge in [-0.3, -0.25) is 9.59 Å². The van der Waals surface area contributed by atoms with Crippen molar-refractivity contribution in [2.75, 3.05) is 12.4 Å². The van der Waals surface area contributed by atoms with Crippen molar-refractivity contribution in [1.82, 2.24) is 15.2 Å². The van der Waals surface area contributed by atoms with Crippen LogP contribution in [0.25, 0.3) is 0 Å². The molecule has 23 heavy (non-hydrogen) atoms. The van der Waals surface area contributed by atoms with Gasteiger partial charge in [-0.2, -0.15) is 0 Å². The van der Waals surface area contributed by atoms with Crippen LogP contribution in [0.1, 0.15) is 11.3 Å². The highest BCUT2D eigenvalue weighted by Gasteiger charge is 2.24. The van der Waals surface area contributed by atoms with E-state index in [2.05, 4.69) is 26.2 Å². The molecule has 7 heteroatoms. The molecule has 1 atom stereocenters. The van der Waals surface area contributed by atoms with Crippen molar-refractivity contribution in [3.63, 3.8) is 0 Å². The number of carbonyl (C=O) groups is 2. The van der Waals surface area contributed by atoms with Crippen LogP contribution in [-0.2, 0) is 22.6 Å². The Balaban J connectivity index is 2.06. The summed E-state index contributed by atoms with van der Waals surface area (Å²) in [4.78, 5) is 30.2. The van der Waals surface area contributed by atoms with Crippen molar-refractivity contribution in [3.8, 4) is 0 Å². The predicted octanol–water partition coefficient (Wildman–Crippen LogP) is 2.22. The third kappa shape index (κ3) is 5.44. The maximum absolute atomic E-state index is 12.7. The molecule has 1 aromatic carbocycles. The SMILES string of the molecule is CN(Cc1ccccc1)C(=O)C(Cc1cscn1)NC(=O)CBr. The van der Waals surface area contributed by atoms with Crippen LogP contribution in [0.5, 0.6) is 0 Å². The molecule has 0 bridgehead atoms. The maximum Gasteiger partial charge on any atom is 0.245 e. The molecule has 0 saturated carbocycles. The predicted molar refractivity (Wildman–Crippen MR) is 94.5 cm³/mol. The van der Waals surface area contributed by atoms with Crippen molar-refractivity contribution >= 4 is 39.1 Å². The Morgan fingerprint density at radius 1 is 1.35 bits per heavy atom. The average molecular weight is 396 g/mol. The van der Waals surface area contributed by atoms with E-state index in [0.717, 1.165) is 11.3 Å². The molecule has 0 aliphatic heterocycles. The average Bonchev–Trinajstić information content (AvgIpc) is 3.07. The Morgan fingerprint density at radius 3 is 2.70 bits per heavy atom. The number of benzene rings is 1. The van der Waals surface area contributed by atoms with Crippen LogP contribution in [0.2, 0.25) is 0 Å². The fourth-order valence-electron chi connectivity index (χ4n) is 2.18. The number of amides is 2. The molecular formula is C16H18BrN3O2S. The molecule has 122 valence electrons. The van der Waals surface area contributed by atoms with Gasteiger partial charge in [0.1, 0.15) is 6.04 Å². The lowest BCUT2D eigenvalue weighted by Crippen LogP contribution is -2.48. The maximum atomic E-state index is 12.7. The summed E-state index contributed by atoms with van der Waals surface area (Å²) < 4.78 is 0. The summed E-state index contributed by atoms with van der Waals surface area (Å²) in [6, 6.07) is 9.13. The van der Waals surface area contributed by atoms with Gasteiger partial charge in [-0.15, -0.1) is 11.3 Å². The van der Waals surface area contributed by atoms with Crippen molar-refractivity contribution in [2.24, 2.45) is 0 Å². The summed E-state index contributed by atoms with van der Waals surface area (Å²) >= 11 is 4.58. The minimum atomic E-state index is -0.615. The van der Waals surface area contributed by atoms with Gasteiger partial charge < -0.3 is 10.2 Å². The highest BCUT2D eigenvalue weighted by Crippen LogP contribution is 2.09. The topological polar surface area (TPSA) is 62.3 Å². The number of hydrogen-bond donors (Lipinski definition) is 1. The van der Waals surface area contributed by atoms with E-state index in [1.165, 1.54) is 11.3 Å². The minimum Gasteiger partial charge on any atom is -0.343 e. The van der Waals surface area contributed by atoms with E-state index in [4.69, 9.17) is 0 Å². The fourth-order valence-corrected chi connectivity index (χ4v) is 2.91. The lowest BCUT2D eigenvalue weighted by Gasteiger charge is -2.24. The monoisotopic (exact) mass is 395 g/mol. The summed E-state index contributed by atoms with van der Waals surface area (Å²) in [5.41, 5.74) is 3.57. The third-order valence-electron chi connectivity index (χ3n) is 3.29. The van der Waals surface area contributed by atoms with Gasteiger partial charge >= 0.3 is 0 Å². The number of aromatic nitrogens is 1. The molecule has 0 saturated heterocycles. The van der Waals surface area contributed by atoms with Crippen LogP contribution in [0, 0.1) is 0 Å². The molecule has 2 rings (SSSR count). The van der Waals surface area contributed by atoms with E-state index in [1.807, 2.05) is 35.7 Å². The van der Waals surface area contributed by atoms with Crippen molar-refractivity contribution < 1.29 is 9.59 Å². The zero-order chi connectivity index (χ0) is 16.7. The molecule has 1 heterocycles. The molecule has 1 aromatic heterocycles. The molecule has 0 fully saturated rings. The molecule has 0 aliphatic rings. The highest BCUT2D eigenvalue weighted by atomic mass is 79.9. The summed E-state index contributed by atoms with van der Waals surface area (Å²) in [7, 11) is 1.74. The number of thiazole rings is 1. The van der Waals surface area contributed by atoms with Gasteiger partial charge in [-0.05, 0) is 5.56 Å². The second kappa shape index (κ2) is 8.79. The summed E-state index contributed by atoms with van der Waals surface area (Å²) in [5.74, 6) is -0.345.